The Kier molecular flexibility index (Phi) is 5.89. The minimum absolute atomic E-state index is 0.311. The van der Waals surface area contributed by atoms with Crippen molar-refractivity contribution < 1.29 is 39.5 Å². The van der Waals surface area contributed by atoms with Gasteiger partial charge in [-0.1, -0.05) is 18.2 Å². The maximum atomic E-state index is 13.1. The molecule has 2 aromatic rings. The number of aromatic amines is 1. The minimum atomic E-state index is -1.76. The molecule has 1 fully saturated rings. The smallest absolute Gasteiger partial charge is 0.421 e. The number of aliphatic hydroxyl groups excluding tert-OH is 4. The number of hydrogen-bond donors (Lipinski definition) is 5. The van der Waals surface area contributed by atoms with Crippen molar-refractivity contribution >= 4 is 29.3 Å². The van der Waals surface area contributed by atoms with Crippen molar-refractivity contribution in [2.75, 3.05) is 11.5 Å². The average Bonchev–Trinajstić information content (AvgIpc) is 3.23. The van der Waals surface area contributed by atoms with E-state index in [1.807, 2.05) is 19.9 Å². The Hall–Kier alpha value is -3.02. The second-order valence-corrected chi connectivity index (χ2v) is 7.88. The molecule has 0 bridgehead atoms. The second-order valence-electron chi connectivity index (χ2n) is 7.88. The number of rotatable bonds is 3. The zero-order valence-electron chi connectivity index (χ0n) is 17.4. The Morgan fingerprint density at radius 1 is 1.16 bits per heavy atom. The lowest BCUT2D eigenvalue weighted by molar-refractivity contribution is -0.286. The Morgan fingerprint density at radius 2 is 1.88 bits per heavy atom. The summed E-state index contributed by atoms with van der Waals surface area (Å²) in [5.74, 6) is -0.580. The van der Waals surface area contributed by atoms with Gasteiger partial charge >= 0.3 is 6.09 Å². The highest BCUT2D eigenvalue weighted by Gasteiger charge is 2.44. The van der Waals surface area contributed by atoms with Crippen LogP contribution in [0.4, 0.5) is 10.5 Å². The number of ether oxygens (including phenoxy) is 2. The van der Waals surface area contributed by atoms with Crippen molar-refractivity contribution in [1.29, 1.82) is 0 Å². The van der Waals surface area contributed by atoms with E-state index in [0.717, 1.165) is 21.9 Å². The van der Waals surface area contributed by atoms with Crippen LogP contribution in [0.15, 0.2) is 30.3 Å². The highest BCUT2D eigenvalue weighted by molar-refractivity contribution is 6.41. The van der Waals surface area contributed by atoms with Crippen molar-refractivity contribution in [3.8, 4) is 0 Å². The van der Waals surface area contributed by atoms with Gasteiger partial charge in [-0.25, -0.2) is 9.69 Å². The lowest BCUT2D eigenvalue weighted by atomic mass is 9.99. The summed E-state index contributed by atoms with van der Waals surface area (Å²) >= 11 is 0. The van der Waals surface area contributed by atoms with E-state index in [0.29, 0.717) is 16.8 Å². The second kappa shape index (κ2) is 8.49. The van der Waals surface area contributed by atoms with Gasteiger partial charge in [-0.3, -0.25) is 4.79 Å². The van der Waals surface area contributed by atoms with Gasteiger partial charge in [0, 0.05) is 17.0 Å². The van der Waals surface area contributed by atoms with Crippen LogP contribution < -0.4 is 4.90 Å². The molecule has 170 valence electrons. The summed E-state index contributed by atoms with van der Waals surface area (Å²) in [6, 6.07) is 8.71. The van der Waals surface area contributed by atoms with Crippen LogP contribution in [0.2, 0.25) is 0 Å². The number of H-pyrrole nitrogens is 1. The molecule has 1 aromatic carbocycles. The predicted molar refractivity (Wildman–Crippen MR) is 112 cm³/mol. The monoisotopic (exact) mass is 444 g/mol. The topological polar surface area (TPSA) is 153 Å². The molecule has 0 aliphatic carbocycles. The van der Waals surface area contributed by atoms with Crippen LogP contribution >= 0.6 is 0 Å². The summed E-state index contributed by atoms with van der Waals surface area (Å²) in [6.07, 6.45) is -7.35. The lowest BCUT2D eigenvalue weighted by Gasteiger charge is -2.37. The number of nitrogens with one attached hydrogen (secondary N) is 1. The van der Waals surface area contributed by atoms with Crippen LogP contribution in [0.3, 0.4) is 0 Å². The normalized spacial score (nSPS) is 28.8. The number of imide groups is 1. The minimum Gasteiger partial charge on any atom is -0.446 e. The van der Waals surface area contributed by atoms with E-state index in [9.17, 15) is 30.0 Å². The Bertz CT molecular complexity index is 1080. The molecule has 0 saturated carbocycles. The fourth-order valence-electron chi connectivity index (χ4n) is 3.89. The van der Waals surface area contributed by atoms with Gasteiger partial charge in [-0.15, -0.1) is 0 Å². The molecule has 2 aliphatic rings. The number of carbonyl (C=O) groups excluding carboxylic acids is 2. The number of amides is 2. The van der Waals surface area contributed by atoms with Gasteiger partial charge in [0.2, 0.25) is 0 Å². The summed E-state index contributed by atoms with van der Waals surface area (Å²) in [5, 5.41) is 39.0. The van der Waals surface area contributed by atoms with Crippen LogP contribution in [-0.4, -0.2) is 74.7 Å². The SMILES string of the molecule is Cc1cc(C)c(C=C2C(=O)N(C(=O)OCC3OC(O)[C@H](O)[C@@H](O)[C@H]3O)c3ccccc32)[nH]1. The molecule has 2 aliphatic heterocycles. The molecule has 1 saturated heterocycles. The van der Waals surface area contributed by atoms with Gasteiger partial charge in [0.15, 0.2) is 6.29 Å². The Balaban J connectivity index is 1.55. The molecule has 1 aromatic heterocycles. The van der Waals surface area contributed by atoms with Gasteiger partial charge in [0.25, 0.3) is 5.91 Å². The molecule has 3 heterocycles. The number of fused-ring (bicyclic) bond motifs is 1. The first-order valence-corrected chi connectivity index (χ1v) is 10.0. The van der Waals surface area contributed by atoms with Gasteiger partial charge in [-0.2, -0.15) is 0 Å². The first kappa shape index (κ1) is 22.2. The predicted octanol–water partition coefficient (Wildman–Crippen LogP) is 0.455. The van der Waals surface area contributed by atoms with Crippen molar-refractivity contribution in [3.63, 3.8) is 0 Å². The molecule has 32 heavy (non-hydrogen) atoms. The number of anilines is 1. The first-order chi connectivity index (χ1) is 15.2. The average molecular weight is 444 g/mol. The fourth-order valence-corrected chi connectivity index (χ4v) is 3.89. The summed E-state index contributed by atoms with van der Waals surface area (Å²) in [6.45, 7) is 3.25. The molecule has 5 atom stereocenters. The van der Waals surface area contributed by atoms with Crippen LogP contribution in [0.1, 0.15) is 22.5 Å². The molecule has 0 spiro atoms. The van der Waals surface area contributed by atoms with Crippen LogP contribution in [0, 0.1) is 13.8 Å². The number of aliphatic hydroxyl groups is 4. The molecule has 0 radical (unpaired) electrons. The van der Waals surface area contributed by atoms with Crippen molar-refractivity contribution in [1.82, 2.24) is 4.98 Å². The number of aryl methyl sites for hydroxylation is 2. The van der Waals surface area contributed by atoms with E-state index in [1.165, 1.54) is 0 Å². The quantitative estimate of drug-likeness (QED) is 0.428. The number of carbonyl (C=O) groups is 2. The molecule has 2 amide bonds. The highest BCUT2D eigenvalue weighted by Crippen LogP contribution is 2.38. The third kappa shape index (κ3) is 3.83. The van der Waals surface area contributed by atoms with E-state index in [4.69, 9.17) is 9.47 Å². The standard InChI is InChI=1S/C22H24N2O8/c1-10-7-11(2)23-14(10)8-13-12-5-3-4-6-15(12)24(20(13)28)22(30)31-9-16-17(25)18(26)19(27)21(29)32-16/h3-8,16-19,21,23,25-27,29H,9H2,1-2H3/t16?,17-,18-,19+,21?/m0/s1. The summed E-state index contributed by atoms with van der Waals surface area (Å²) < 4.78 is 10.2. The third-order valence-corrected chi connectivity index (χ3v) is 5.59. The van der Waals surface area contributed by atoms with Crippen molar-refractivity contribution in [2.24, 2.45) is 0 Å². The van der Waals surface area contributed by atoms with Crippen molar-refractivity contribution in [3.05, 3.63) is 52.8 Å². The number of nitrogens with zero attached hydrogens (tertiary/aromatic N) is 1. The summed E-state index contributed by atoms with van der Waals surface area (Å²) in [7, 11) is 0. The van der Waals surface area contributed by atoms with E-state index in [2.05, 4.69) is 4.98 Å². The van der Waals surface area contributed by atoms with Crippen LogP contribution in [0.5, 0.6) is 0 Å². The Labute approximate surface area is 183 Å². The van der Waals surface area contributed by atoms with E-state index in [1.54, 1.807) is 30.3 Å². The van der Waals surface area contributed by atoms with E-state index in [-0.39, 0.29) is 0 Å². The third-order valence-electron chi connectivity index (χ3n) is 5.59. The fraction of sp³-hybridized carbons (Fsp3) is 0.364. The molecule has 2 unspecified atom stereocenters. The molecular weight excluding hydrogens is 420 g/mol. The van der Waals surface area contributed by atoms with Gasteiger partial charge in [0.05, 0.1) is 11.3 Å². The molecule has 10 heteroatoms. The number of hydrogen-bond acceptors (Lipinski definition) is 8. The molecular formula is C22H24N2O8. The summed E-state index contributed by atoms with van der Waals surface area (Å²) in [4.78, 5) is 30.0. The molecule has 10 nitrogen and oxygen atoms in total. The summed E-state index contributed by atoms with van der Waals surface area (Å²) in [5.41, 5.74) is 3.84. The maximum Gasteiger partial charge on any atom is 0.421 e. The van der Waals surface area contributed by atoms with E-state index < -0.39 is 49.3 Å². The highest BCUT2D eigenvalue weighted by atomic mass is 16.7. The van der Waals surface area contributed by atoms with Gasteiger partial charge < -0.3 is 34.9 Å². The number of benzene rings is 1. The van der Waals surface area contributed by atoms with Crippen LogP contribution in [0.25, 0.3) is 11.6 Å². The maximum absolute atomic E-state index is 13.1. The van der Waals surface area contributed by atoms with Crippen molar-refractivity contribution in [2.45, 2.75) is 44.6 Å². The Morgan fingerprint density at radius 3 is 2.56 bits per heavy atom. The lowest BCUT2D eigenvalue weighted by Crippen LogP contribution is -2.58. The van der Waals surface area contributed by atoms with Crippen LogP contribution in [-0.2, 0) is 14.3 Å². The van der Waals surface area contributed by atoms with Gasteiger partial charge in [-0.05, 0) is 37.6 Å². The van der Waals surface area contributed by atoms with Gasteiger partial charge in [0.1, 0.15) is 31.0 Å². The largest absolute Gasteiger partial charge is 0.446 e. The molecule has 5 N–H and O–H groups in total. The number of para-hydroxylation sites is 1. The molecule has 4 rings (SSSR count). The first-order valence-electron chi connectivity index (χ1n) is 10.0. The number of aromatic nitrogens is 1. The zero-order chi connectivity index (χ0) is 23.2. The zero-order valence-corrected chi connectivity index (χ0v) is 17.4. The van der Waals surface area contributed by atoms with E-state index >= 15 is 0 Å².